The summed E-state index contributed by atoms with van der Waals surface area (Å²) in [6.45, 7) is -7.85. The third kappa shape index (κ3) is 19.8. The van der Waals surface area contributed by atoms with Crippen molar-refractivity contribution >= 4 is 62.4 Å². The Bertz CT molecular complexity index is 2560. The minimum atomic E-state index is -5.45. The zero-order valence-corrected chi connectivity index (χ0v) is 51.0. The van der Waals surface area contributed by atoms with Crippen LogP contribution < -0.4 is 0 Å². The van der Waals surface area contributed by atoms with E-state index in [1.54, 1.807) is 0 Å². The van der Waals surface area contributed by atoms with E-state index in [4.69, 9.17) is 28.4 Å². The molecule has 21 saturated heterocycles. The Labute approximate surface area is 513 Å². The van der Waals surface area contributed by atoms with Crippen LogP contribution in [-0.4, -0.2) is 325 Å². The average molecular weight is 1440 g/mol. The molecule has 0 aromatic heterocycles. The van der Waals surface area contributed by atoms with Crippen molar-refractivity contribution in [2.45, 2.75) is 185 Å². The van der Waals surface area contributed by atoms with Crippen molar-refractivity contribution in [3.05, 3.63) is 0 Å². The first-order chi connectivity index (χ1) is 41.3. The van der Waals surface area contributed by atoms with E-state index in [1.807, 2.05) is 0 Å². The van der Waals surface area contributed by atoms with Crippen LogP contribution in [0.3, 0.4) is 0 Å². The maximum Gasteiger partial charge on any atom is 0.397 e. The van der Waals surface area contributed by atoms with Crippen LogP contribution in [0.1, 0.15) is 38.5 Å². The van der Waals surface area contributed by atoms with Crippen molar-refractivity contribution in [1.29, 1.82) is 0 Å². The Morgan fingerprint density at radius 1 is 0.222 bits per heavy atom. The molecule has 30 atom stereocenters. The molecule has 0 aromatic rings. The van der Waals surface area contributed by atoms with Gasteiger partial charge < -0.3 is 89.7 Å². The number of ether oxygens (including phenoxy) is 6. The molecule has 22 fully saturated rings. The molecule has 1 aliphatic carbocycles. The molecule has 1 saturated carbocycles. The maximum absolute atomic E-state index is 12.0. The van der Waals surface area contributed by atoms with Gasteiger partial charge in [0.25, 0.3) is 0 Å². The molecule has 21 heterocycles. The Morgan fingerprint density at radius 2 is 0.333 bits per heavy atom. The lowest BCUT2D eigenvalue weighted by atomic mass is 9.73. The summed E-state index contributed by atoms with van der Waals surface area (Å²) in [7, 11) is -32.7. The monoisotopic (exact) mass is 1440 g/mol. The van der Waals surface area contributed by atoms with Crippen LogP contribution >= 0.6 is 0 Å². The van der Waals surface area contributed by atoms with Crippen LogP contribution in [0.25, 0.3) is 0 Å². The van der Waals surface area contributed by atoms with Gasteiger partial charge in [0, 0.05) is 35.5 Å². The molecule has 21 aliphatic heterocycles. The molecule has 22 aliphatic rings. The van der Waals surface area contributed by atoms with E-state index in [-0.39, 0.29) is 0 Å². The van der Waals surface area contributed by atoms with Crippen molar-refractivity contribution < 1.29 is 193 Å². The SMILES string of the molecule is O=S(=O)(O)OC[C@H]1O[C@@H]2C[C@H]3[C@H](O)[C@@H](O)[C@@H](C[C@H]4[C@H](O)[C@@H](O)[C@@H](C[C@H]5[C@H](O)[C@@H](O)[C@@H](C[C@H]6[C@H](O)[C@@H](O)[C@@H](C[C@H]7[C@H](O)[C@@H](O)[C@@H](CC1[C@H](O)[C@H]2O)O[C@@H]7COS(=O)(=O)O)O[C@@H]6COS(=O)(=O)O)O[C@@H]5COS(=O)(=O)O)O[C@@H]4COS(=O)(=O)O)O[C@@H]3COS(=O)(=O)O. The molecule has 0 amide bonds. The summed E-state index contributed by atoms with van der Waals surface area (Å²) in [4.78, 5) is 0. The highest BCUT2D eigenvalue weighted by Gasteiger charge is 2.58. The van der Waals surface area contributed by atoms with Crippen LogP contribution in [-0.2, 0) is 116 Å². The third-order valence-electron chi connectivity index (χ3n) is 17.3. The predicted octanol–water partition coefficient (Wildman–Crippen LogP) is -10.1. The van der Waals surface area contributed by atoms with Gasteiger partial charge >= 0.3 is 62.4 Å². The molecule has 18 N–H and O–H groups in total. The van der Waals surface area contributed by atoms with E-state index in [0.717, 1.165) is 0 Å². The molecule has 48 heteroatoms. The lowest BCUT2D eigenvalue weighted by Gasteiger charge is -2.51. The summed E-state index contributed by atoms with van der Waals surface area (Å²) in [6.07, 6.45) is -56.3. The quantitative estimate of drug-likeness (QED) is 0.0567. The van der Waals surface area contributed by atoms with Crippen LogP contribution in [0.15, 0.2) is 0 Å². The first-order valence-corrected chi connectivity index (χ1v) is 35.3. The highest BCUT2D eigenvalue weighted by atomic mass is 32.3. The lowest BCUT2D eigenvalue weighted by molar-refractivity contribution is -0.269. The Hall–Kier alpha value is -1.50. The second-order valence-corrected chi connectivity index (χ2v) is 29.4. The van der Waals surface area contributed by atoms with Gasteiger partial charge in [0.2, 0.25) is 0 Å². The summed E-state index contributed by atoms with van der Waals surface area (Å²) >= 11 is 0. The Balaban J connectivity index is 1.33. The Morgan fingerprint density at radius 3 is 0.433 bits per heavy atom. The van der Waals surface area contributed by atoms with Gasteiger partial charge in [0.05, 0.1) is 150 Å². The first kappa shape index (κ1) is 75.9. The standard InChI is InChI=1S/C42H72O42S6/c43-31-13-1-19-37(49)32(44)14(26(79-19)8-74-86(58,59)60)2-21-39(51)34(46)16(28(81-21)10-76-88(64,65)66)4-23-41(53)36(48)18(30(83-23)12-78-90(70,71)72)6-24-42(54)35(47)17(29(84-24)11-77-89(67,68)69)5-22-40(52)33(45)15(27(82-22)9-75-87(61,62)63)3-20(38(31)50)80-25(13)7-73-85(55,56)57/h13-54H,1-12H2,(H,55,56,57)(H,58,59,60)(H,61,62,63)(H,64,65,66)(H,67,68,69)(H,70,71,72)/t13-,14-,15-,16-,17-,18?,19-,20-,21-,22-,23-,24-,25-,26-,27-,28-,29-,30-,31+,32+,33+,34+,35+,36+,37+,38+,39+,40+,41+,42+/m1/s1. The summed E-state index contributed by atoms with van der Waals surface area (Å²) in [5.74, 6) is -10.9. The van der Waals surface area contributed by atoms with Crippen LogP contribution in [0, 0.1) is 35.5 Å². The highest BCUT2D eigenvalue weighted by molar-refractivity contribution is 7.82. The fourth-order valence-corrected chi connectivity index (χ4v) is 14.9. The van der Waals surface area contributed by atoms with E-state index in [2.05, 4.69) is 25.1 Å². The number of rotatable bonds is 18. The first-order valence-electron chi connectivity index (χ1n) is 27.1. The number of hydrogen-bond donors (Lipinski definition) is 18. The van der Waals surface area contributed by atoms with Crippen molar-refractivity contribution in [2.75, 3.05) is 39.6 Å². The summed E-state index contributed by atoms with van der Waals surface area (Å²) in [5, 5.41) is 141. The molecule has 22 rings (SSSR count). The van der Waals surface area contributed by atoms with Gasteiger partial charge in [0.15, 0.2) is 0 Å². The van der Waals surface area contributed by atoms with E-state index in [1.165, 1.54) is 0 Å². The molecular formula is C42H72O42S6. The minimum absolute atomic E-state index is 0.925. The molecule has 12 bridgehead atoms. The summed E-state index contributed by atoms with van der Waals surface area (Å²) < 4.78 is 264. The number of aliphatic hydroxyl groups is 12. The van der Waals surface area contributed by atoms with E-state index in [0.29, 0.717) is 0 Å². The normalized spacial score (nSPS) is 44.9. The molecule has 0 radical (unpaired) electrons. The maximum atomic E-state index is 12.0. The molecule has 42 nitrogen and oxygen atoms in total. The van der Waals surface area contributed by atoms with Gasteiger partial charge in [-0.15, -0.1) is 0 Å². The van der Waals surface area contributed by atoms with Crippen molar-refractivity contribution in [2.24, 2.45) is 35.5 Å². The fourth-order valence-electron chi connectivity index (χ4n) is 13.0. The number of hydrogen-bond acceptors (Lipinski definition) is 36. The topological polar surface area (TPSA) is 680 Å². The smallest absolute Gasteiger partial charge is 0.390 e. The lowest BCUT2D eigenvalue weighted by Crippen LogP contribution is -2.64. The van der Waals surface area contributed by atoms with E-state index >= 15 is 0 Å². The fraction of sp³-hybridized carbons (Fsp3) is 1.00. The van der Waals surface area contributed by atoms with Crippen LogP contribution in [0.2, 0.25) is 0 Å². The van der Waals surface area contributed by atoms with Gasteiger partial charge in [-0.2, -0.15) is 50.5 Å². The van der Waals surface area contributed by atoms with Gasteiger partial charge in [-0.25, -0.2) is 25.1 Å². The van der Waals surface area contributed by atoms with Crippen molar-refractivity contribution in [3.63, 3.8) is 0 Å². The second-order valence-electron chi connectivity index (χ2n) is 22.8. The second kappa shape index (κ2) is 29.7. The van der Waals surface area contributed by atoms with Crippen molar-refractivity contribution in [1.82, 2.24) is 0 Å². The zero-order valence-electron chi connectivity index (χ0n) is 46.1. The van der Waals surface area contributed by atoms with Gasteiger partial charge in [-0.3, -0.25) is 27.3 Å². The Kier molecular flexibility index (Phi) is 25.0. The number of aliphatic hydroxyl groups excluding tert-OH is 12. The molecular weight excluding hydrogens is 1370 g/mol. The predicted molar refractivity (Wildman–Crippen MR) is 278 cm³/mol. The van der Waals surface area contributed by atoms with Gasteiger partial charge in [-0.05, 0) is 38.5 Å². The van der Waals surface area contributed by atoms with E-state index < -0.39 is 323 Å². The molecule has 0 spiro atoms. The zero-order chi connectivity index (χ0) is 67.3. The molecule has 0 aromatic carbocycles. The largest absolute Gasteiger partial charge is 0.397 e. The highest BCUT2D eigenvalue weighted by Crippen LogP contribution is 2.45. The van der Waals surface area contributed by atoms with E-state index in [9.17, 15) is 139 Å². The van der Waals surface area contributed by atoms with Crippen LogP contribution in [0.4, 0.5) is 0 Å². The average Bonchev–Trinajstić information content (AvgIpc) is 0.784. The third-order valence-corrected chi connectivity index (χ3v) is 19.9. The van der Waals surface area contributed by atoms with Gasteiger partial charge in [-0.1, -0.05) is 0 Å². The van der Waals surface area contributed by atoms with Crippen LogP contribution in [0.5, 0.6) is 0 Å². The minimum Gasteiger partial charge on any atom is -0.390 e. The molecule has 1 unspecified atom stereocenters. The van der Waals surface area contributed by atoms with Gasteiger partial charge in [0.1, 0.15) is 36.6 Å². The molecule has 90 heavy (non-hydrogen) atoms. The summed E-state index contributed by atoms with van der Waals surface area (Å²) in [5.41, 5.74) is 0. The summed E-state index contributed by atoms with van der Waals surface area (Å²) in [6, 6.07) is 0. The molecule has 528 valence electrons. The van der Waals surface area contributed by atoms with Crippen molar-refractivity contribution in [3.8, 4) is 0 Å².